The molecule has 1 aromatic heterocycles. The van der Waals surface area contributed by atoms with Crippen molar-refractivity contribution in [1.29, 1.82) is 0 Å². The highest BCUT2D eigenvalue weighted by Crippen LogP contribution is 2.42. The van der Waals surface area contributed by atoms with Gasteiger partial charge in [0.2, 0.25) is 0 Å². The first kappa shape index (κ1) is 14.1. The highest BCUT2D eigenvalue weighted by molar-refractivity contribution is 5.92. The number of aromatic nitrogens is 2. The third-order valence-electron chi connectivity index (χ3n) is 4.50. The minimum absolute atomic E-state index is 0.0759. The molecule has 0 amide bonds. The maximum absolute atomic E-state index is 11.2. The summed E-state index contributed by atoms with van der Waals surface area (Å²) in [6, 6.07) is 5.03. The molecular formula is C16H20N2O3. The third-order valence-corrected chi connectivity index (χ3v) is 4.50. The van der Waals surface area contributed by atoms with Crippen LogP contribution < -0.4 is 0 Å². The van der Waals surface area contributed by atoms with Gasteiger partial charge in [-0.15, -0.1) is 0 Å². The van der Waals surface area contributed by atoms with Crippen LogP contribution in [-0.2, 0) is 12.0 Å². The Bertz CT molecular complexity index is 681. The molecule has 1 heterocycles. The third kappa shape index (κ3) is 2.12. The first-order chi connectivity index (χ1) is 10.1. The lowest BCUT2D eigenvalue weighted by atomic mass is 9.76. The number of hydrogen-bond donors (Lipinski definition) is 2. The van der Waals surface area contributed by atoms with Crippen molar-refractivity contribution in [2.75, 3.05) is 6.61 Å². The van der Waals surface area contributed by atoms with Gasteiger partial charge < -0.3 is 14.8 Å². The minimum Gasteiger partial charge on any atom is -0.478 e. The minimum atomic E-state index is -0.937. The number of nitrogens with zero attached hydrogens (tertiary/aromatic N) is 2. The van der Waals surface area contributed by atoms with Gasteiger partial charge in [-0.25, -0.2) is 9.78 Å². The van der Waals surface area contributed by atoms with Crippen LogP contribution in [-0.4, -0.2) is 32.3 Å². The molecule has 21 heavy (non-hydrogen) atoms. The highest BCUT2D eigenvalue weighted by Gasteiger charge is 2.40. The summed E-state index contributed by atoms with van der Waals surface area (Å²) in [6.45, 7) is 2.17. The van der Waals surface area contributed by atoms with Crippen molar-refractivity contribution in [2.45, 2.75) is 44.6 Å². The summed E-state index contributed by atoms with van der Waals surface area (Å²) >= 11 is 0. The molecule has 0 spiro atoms. The Balaban J connectivity index is 2.24. The zero-order valence-corrected chi connectivity index (χ0v) is 12.2. The summed E-state index contributed by atoms with van der Waals surface area (Å²) < 4.78 is 2.10. The van der Waals surface area contributed by atoms with Crippen molar-refractivity contribution in [3.8, 4) is 0 Å². The number of aliphatic hydroxyl groups is 1. The zero-order valence-electron chi connectivity index (χ0n) is 12.2. The van der Waals surface area contributed by atoms with Gasteiger partial charge in [-0.3, -0.25) is 0 Å². The maximum Gasteiger partial charge on any atom is 0.335 e. The molecule has 0 bridgehead atoms. The fraction of sp³-hybridized carbons (Fsp3) is 0.500. The average Bonchev–Trinajstić information content (AvgIpc) is 2.77. The van der Waals surface area contributed by atoms with E-state index in [1.165, 1.54) is 0 Å². The van der Waals surface area contributed by atoms with Crippen molar-refractivity contribution in [1.82, 2.24) is 9.55 Å². The van der Waals surface area contributed by atoms with Gasteiger partial charge in [-0.1, -0.05) is 6.92 Å². The van der Waals surface area contributed by atoms with Crippen molar-refractivity contribution in [2.24, 2.45) is 0 Å². The predicted molar refractivity (Wildman–Crippen MR) is 79.6 cm³/mol. The van der Waals surface area contributed by atoms with Gasteiger partial charge in [-0.2, -0.15) is 0 Å². The summed E-state index contributed by atoms with van der Waals surface area (Å²) in [4.78, 5) is 15.9. The van der Waals surface area contributed by atoms with Crippen molar-refractivity contribution in [3.63, 3.8) is 0 Å². The normalized spacial score (nSPS) is 16.9. The predicted octanol–water partition coefficient (Wildman–Crippen LogP) is 2.56. The van der Waals surface area contributed by atoms with E-state index in [2.05, 4.69) is 16.5 Å². The Morgan fingerprint density at radius 2 is 2.19 bits per heavy atom. The van der Waals surface area contributed by atoms with E-state index in [9.17, 15) is 15.0 Å². The molecule has 5 nitrogen and oxygen atoms in total. The van der Waals surface area contributed by atoms with E-state index < -0.39 is 5.97 Å². The van der Waals surface area contributed by atoms with Crippen LogP contribution in [0.2, 0.25) is 0 Å². The summed E-state index contributed by atoms with van der Waals surface area (Å²) in [5.41, 5.74) is 1.60. The lowest BCUT2D eigenvalue weighted by Crippen LogP contribution is -2.44. The van der Waals surface area contributed by atoms with Crippen LogP contribution in [0.25, 0.3) is 11.0 Å². The number of aryl methyl sites for hydroxylation is 1. The van der Waals surface area contributed by atoms with E-state index in [0.29, 0.717) is 0 Å². The van der Waals surface area contributed by atoms with Crippen molar-refractivity contribution >= 4 is 17.0 Å². The topological polar surface area (TPSA) is 75.3 Å². The lowest BCUT2D eigenvalue weighted by Gasteiger charge is -2.43. The molecule has 2 N–H and O–H groups in total. The Kier molecular flexibility index (Phi) is 3.45. The van der Waals surface area contributed by atoms with Gasteiger partial charge in [0.05, 0.1) is 28.7 Å². The molecule has 1 aromatic carbocycles. The van der Waals surface area contributed by atoms with Gasteiger partial charge in [0.25, 0.3) is 0 Å². The Morgan fingerprint density at radius 1 is 1.43 bits per heavy atom. The Labute approximate surface area is 123 Å². The SMILES string of the molecule is CCCc1nc2ccc(C(=O)O)cc2n1C1(CO)CCC1. The van der Waals surface area contributed by atoms with Gasteiger partial charge in [0.1, 0.15) is 5.82 Å². The molecule has 1 aliphatic carbocycles. The summed E-state index contributed by atoms with van der Waals surface area (Å²) in [7, 11) is 0. The second-order valence-electron chi connectivity index (χ2n) is 5.86. The first-order valence-corrected chi connectivity index (χ1v) is 7.47. The number of benzene rings is 1. The fourth-order valence-electron chi connectivity index (χ4n) is 3.22. The molecule has 0 saturated heterocycles. The van der Waals surface area contributed by atoms with Crippen LogP contribution in [0, 0.1) is 0 Å². The van der Waals surface area contributed by atoms with Gasteiger partial charge in [0, 0.05) is 6.42 Å². The van der Waals surface area contributed by atoms with E-state index in [4.69, 9.17) is 0 Å². The van der Waals surface area contributed by atoms with E-state index in [-0.39, 0.29) is 17.7 Å². The molecule has 1 fully saturated rings. The number of aromatic carboxylic acids is 1. The maximum atomic E-state index is 11.2. The second-order valence-corrected chi connectivity index (χ2v) is 5.86. The molecule has 1 saturated carbocycles. The van der Waals surface area contributed by atoms with Crippen molar-refractivity contribution < 1.29 is 15.0 Å². The van der Waals surface area contributed by atoms with Crippen LogP contribution in [0.15, 0.2) is 18.2 Å². The number of carboxylic acid groups (broad SMARTS) is 1. The molecule has 0 atom stereocenters. The first-order valence-electron chi connectivity index (χ1n) is 7.47. The van der Waals surface area contributed by atoms with Crippen LogP contribution in [0.5, 0.6) is 0 Å². The van der Waals surface area contributed by atoms with Crippen LogP contribution in [0.3, 0.4) is 0 Å². The lowest BCUT2D eigenvalue weighted by molar-refractivity contribution is 0.0562. The van der Waals surface area contributed by atoms with E-state index in [0.717, 1.165) is 49.0 Å². The molecule has 2 aromatic rings. The molecule has 112 valence electrons. The fourth-order valence-corrected chi connectivity index (χ4v) is 3.22. The number of imidazole rings is 1. The number of carboxylic acids is 1. The number of fused-ring (bicyclic) bond motifs is 1. The number of hydrogen-bond acceptors (Lipinski definition) is 3. The largest absolute Gasteiger partial charge is 0.478 e. The summed E-state index contributed by atoms with van der Waals surface area (Å²) in [6.07, 6.45) is 4.73. The van der Waals surface area contributed by atoms with Crippen LogP contribution in [0.1, 0.15) is 48.8 Å². The van der Waals surface area contributed by atoms with Gasteiger partial charge >= 0.3 is 5.97 Å². The molecule has 0 aliphatic heterocycles. The quantitative estimate of drug-likeness (QED) is 0.886. The van der Waals surface area contributed by atoms with E-state index >= 15 is 0 Å². The molecule has 0 unspecified atom stereocenters. The van der Waals surface area contributed by atoms with E-state index in [1.54, 1.807) is 18.2 Å². The monoisotopic (exact) mass is 288 g/mol. The molecular weight excluding hydrogens is 268 g/mol. The summed E-state index contributed by atoms with van der Waals surface area (Å²) in [5, 5.41) is 19.1. The smallest absolute Gasteiger partial charge is 0.335 e. The number of aliphatic hydroxyl groups excluding tert-OH is 1. The van der Waals surface area contributed by atoms with Gasteiger partial charge in [0.15, 0.2) is 0 Å². The van der Waals surface area contributed by atoms with Crippen molar-refractivity contribution in [3.05, 3.63) is 29.6 Å². The molecule has 3 rings (SSSR count). The summed E-state index contributed by atoms with van der Waals surface area (Å²) in [5.74, 6) is 0.0112. The standard InChI is InChI=1S/C16H20N2O3/c1-2-4-14-17-12-6-5-11(15(20)21)9-13(12)18(14)16(10-19)7-3-8-16/h5-6,9,19H,2-4,7-8,10H2,1H3,(H,20,21). The van der Waals surface area contributed by atoms with Crippen LogP contribution >= 0.6 is 0 Å². The molecule has 5 heteroatoms. The zero-order chi connectivity index (χ0) is 15.0. The highest BCUT2D eigenvalue weighted by atomic mass is 16.4. The molecule has 0 radical (unpaired) electrons. The Morgan fingerprint density at radius 3 is 2.71 bits per heavy atom. The van der Waals surface area contributed by atoms with E-state index in [1.807, 2.05) is 0 Å². The van der Waals surface area contributed by atoms with Gasteiger partial charge in [-0.05, 0) is 43.9 Å². The average molecular weight is 288 g/mol. The molecule has 1 aliphatic rings. The number of carbonyl (C=O) groups is 1. The number of rotatable bonds is 5. The second kappa shape index (κ2) is 5.15. The Hall–Kier alpha value is -1.88. The van der Waals surface area contributed by atoms with Crippen LogP contribution in [0.4, 0.5) is 0 Å².